The third kappa shape index (κ3) is 2.80. The Morgan fingerprint density at radius 1 is 1.69 bits per heavy atom. The topological polar surface area (TPSA) is 96.8 Å². The number of hydrogen-bond acceptors (Lipinski definition) is 5. The van der Waals surface area contributed by atoms with Crippen LogP contribution in [0.15, 0.2) is 16.5 Å². The first kappa shape index (κ1) is 12.2. The lowest BCUT2D eigenvalue weighted by Gasteiger charge is -2.19. The summed E-state index contributed by atoms with van der Waals surface area (Å²) in [5.74, 6) is -0.933. The van der Waals surface area contributed by atoms with Gasteiger partial charge >= 0.3 is 11.9 Å². The standard InChI is InChI=1S/C9H12N2O5/c1-6(9(12)13)10(2)5-7-3-4-8(16-7)11(14)15/h3-4,6H,5H2,1-2H3,(H,12,13). The first-order valence-electron chi connectivity index (χ1n) is 4.58. The van der Waals surface area contributed by atoms with Gasteiger partial charge in [-0.25, -0.2) is 0 Å². The second-order valence-electron chi connectivity index (χ2n) is 3.43. The molecule has 1 N–H and O–H groups in total. The summed E-state index contributed by atoms with van der Waals surface area (Å²) in [4.78, 5) is 21.9. The molecule has 16 heavy (non-hydrogen) atoms. The third-order valence-corrected chi connectivity index (χ3v) is 2.25. The number of carboxylic acid groups (broad SMARTS) is 1. The van der Waals surface area contributed by atoms with E-state index < -0.39 is 16.9 Å². The highest BCUT2D eigenvalue weighted by Gasteiger charge is 2.19. The van der Waals surface area contributed by atoms with Gasteiger partial charge in [0, 0.05) is 0 Å². The minimum absolute atomic E-state index is 0.210. The number of furan rings is 1. The molecule has 0 aromatic carbocycles. The highest BCUT2D eigenvalue weighted by atomic mass is 16.6. The maximum Gasteiger partial charge on any atom is 0.433 e. The molecular weight excluding hydrogens is 216 g/mol. The predicted octanol–water partition coefficient (Wildman–Crippen LogP) is 1.09. The zero-order valence-corrected chi connectivity index (χ0v) is 8.91. The Balaban J connectivity index is 2.66. The number of likely N-dealkylation sites (N-methyl/N-ethyl adjacent to an activating group) is 1. The van der Waals surface area contributed by atoms with E-state index in [2.05, 4.69) is 0 Å². The normalized spacial score (nSPS) is 12.7. The van der Waals surface area contributed by atoms with Gasteiger partial charge in [-0.1, -0.05) is 0 Å². The van der Waals surface area contributed by atoms with Gasteiger partial charge in [0.25, 0.3) is 0 Å². The van der Waals surface area contributed by atoms with Crippen LogP contribution < -0.4 is 0 Å². The molecule has 7 nitrogen and oxygen atoms in total. The summed E-state index contributed by atoms with van der Waals surface area (Å²) in [6.45, 7) is 1.74. The molecule has 1 aromatic heterocycles. The number of carbonyl (C=O) groups is 1. The van der Waals surface area contributed by atoms with E-state index in [0.29, 0.717) is 5.76 Å². The van der Waals surface area contributed by atoms with Crippen LogP contribution in [0.4, 0.5) is 5.88 Å². The van der Waals surface area contributed by atoms with Crippen LogP contribution in [0.5, 0.6) is 0 Å². The van der Waals surface area contributed by atoms with Crippen molar-refractivity contribution in [1.82, 2.24) is 4.90 Å². The van der Waals surface area contributed by atoms with E-state index >= 15 is 0 Å². The lowest BCUT2D eigenvalue weighted by molar-refractivity contribution is -0.402. The Labute approximate surface area is 91.4 Å². The second-order valence-corrected chi connectivity index (χ2v) is 3.43. The maximum absolute atomic E-state index is 10.7. The summed E-state index contributed by atoms with van der Waals surface area (Å²) >= 11 is 0. The van der Waals surface area contributed by atoms with Crippen molar-refractivity contribution in [2.24, 2.45) is 0 Å². The number of rotatable bonds is 5. The van der Waals surface area contributed by atoms with E-state index in [9.17, 15) is 14.9 Å². The Morgan fingerprint density at radius 3 is 2.75 bits per heavy atom. The van der Waals surface area contributed by atoms with Crippen LogP contribution >= 0.6 is 0 Å². The Bertz CT molecular complexity index is 400. The van der Waals surface area contributed by atoms with Crippen molar-refractivity contribution >= 4 is 11.9 Å². The molecule has 0 aliphatic carbocycles. The van der Waals surface area contributed by atoms with Crippen LogP contribution in [0.2, 0.25) is 0 Å². The van der Waals surface area contributed by atoms with Gasteiger partial charge < -0.3 is 9.52 Å². The smallest absolute Gasteiger partial charge is 0.433 e. The van der Waals surface area contributed by atoms with Crippen LogP contribution in [0.3, 0.4) is 0 Å². The van der Waals surface area contributed by atoms with Gasteiger partial charge in [0.05, 0.1) is 12.6 Å². The average Bonchev–Trinajstić information content (AvgIpc) is 2.64. The molecule has 0 saturated carbocycles. The van der Waals surface area contributed by atoms with E-state index in [4.69, 9.17) is 9.52 Å². The maximum atomic E-state index is 10.7. The van der Waals surface area contributed by atoms with Crippen molar-refractivity contribution in [3.05, 3.63) is 28.0 Å². The van der Waals surface area contributed by atoms with Gasteiger partial charge in [0.2, 0.25) is 0 Å². The van der Waals surface area contributed by atoms with E-state index in [0.717, 1.165) is 0 Å². The number of hydrogen-bond donors (Lipinski definition) is 1. The Hall–Kier alpha value is -1.89. The van der Waals surface area contributed by atoms with E-state index in [-0.39, 0.29) is 12.4 Å². The highest BCUT2D eigenvalue weighted by molar-refractivity contribution is 5.72. The molecule has 0 saturated heterocycles. The van der Waals surface area contributed by atoms with Crippen molar-refractivity contribution in [2.75, 3.05) is 7.05 Å². The van der Waals surface area contributed by atoms with Gasteiger partial charge in [-0.3, -0.25) is 19.8 Å². The molecule has 88 valence electrons. The molecule has 0 spiro atoms. The fraction of sp³-hybridized carbons (Fsp3) is 0.444. The summed E-state index contributed by atoms with van der Waals surface area (Å²) in [6.07, 6.45) is 0. The molecule has 0 bridgehead atoms. The molecule has 1 unspecified atom stereocenters. The lowest BCUT2D eigenvalue weighted by atomic mass is 10.3. The molecule has 1 atom stereocenters. The Kier molecular flexibility index (Phi) is 3.62. The highest BCUT2D eigenvalue weighted by Crippen LogP contribution is 2.17. The monoisotopic (exact) mass is 228 g/mol. The molecule has 7 heteroatoms. The minimum Gasteiger partial charge on any atom is -0.480 e. The third-order valence-electron chi connectivity index (χ3n) is 2.25. The van der Waals surface area contributed by atoms with Crippen LogP contribution in [-0.4, -0.2) is 34.0 Å². The molecule has 0 aliphatic rings. The average molecular weight is 228 g/mol. The zero-order chi connectivity index (χ0) is 12.3. The zero-order valence-electron chi connectivity index (χ0n) is 8.91. The first-order chi connectivity index (χ1) is 7.41. The minimum atomic E-state index is -0.955. The molecule has 1 aromatic rings. The summed E-state index contributed by atoms with van der Waals surface area (Å²) in [7, 11) is 1.60. The van der Waals surface area contributed by atoms with Crippen molar-refractivity contribution in [1.29, 1.82) is 0 Å². The van der Waals surface area contributed by atoms with Crippen LogP contribution in [0, 0.1) is 10.1 Å². The summed E-state index contributed by atoms with van der Waals surface area (Å²) in [5, 5.41) is 19.1. The molecule has 1 rings (SSSR count). The summed E-state index contributed by atoms with van der Waals surface area (Å²) < 4.78 is 4.91. The summed E-state index contributed by atoms with van der Waals surface area (Å²) in [5.41, 5.74) is 0. The largest absolute Gasteiger partial charge is 0.480 e. The van der Waals surface area contributed by atoms with Gasteiger partial charge in [-0.2, -0.15) is 0 Å². The van der Waals surface area contributed by atoms with E-state index in [1.54, 1.807) is 7.05 Å². The predicted molar refractivity (Wildman–Crippen MR) is 53.9 cm³/mol. The SMILES string of the molecule is CC(C(=O)O)N(C)Cc1ccc([N+](=O)[O-])o1. The van der Waals surface area contributed by atoms with Gasteiger partial charge in [0.15, 0.2) is 0 Å². The van der Waals surface area contributed by atoms with Crippen molar-refractivity contribution in [2.45, 2.75) is 19.5 Å². The lowest BCUT2D eigenvalue weighted by Crippen LogP contribution is -2.35. The number of carboxylic acids is 1. The van der Waals surface area contributed by atoms with Crippen molar-refractivity contribution < 1.29 is 19.2 Å². The summed E-state index contributed by atoms with van der Waals surface area (Å²) in [6, 6.07) is 2.03. The number of nitrogens with zero attached hydrogens (tertiary/aromatic N) is 2. The number of aliphatic carboxylic acids is 1. The number of nitro groups is 1. The van der Waals surface area contributed by atoms with Crippen LogP contribution in [0.25, 0.3) is 0 Å². The van der Waals surface area contributed by atoms with Crippen molar-refractivity contribution in [3.8, 4) is 0 Å². The van der Waals surface area contributed by atoms with Gasteiger partial charge in [-0.15, -0.1) is 0 Å². The first-order valence-corrected chi connectivity index (χ1v) is 4.58. The van der Waals surface area contributed by atoms with E-state index in [1.165, 1.54) is 24.0 Å². The molecule has 0 aliphatic heterocycles. The van der Waals surface area contributed by atoms with Gasteiger partial charge in [0.1, 0.15) is 16.7 Å². The van der Waals surface area contributed by atoms with Gasteiger partial charge in [-0.05, 0) is 20.0 Å². The van der Waals surface area contributed by atoms with Crippen LogP contribution in [0.1, 0.15) is 12.7 Å². The molecule has 0 fully saturated rings. The van der Waals surface area contributed by atoms with Crippen LogP contribution in [-0.2, 0) is 11.3 Å². The second kappa shape index (κ2) is 4.75. The Morgan fingerprint density at radius 2 is 2.31 bits per heavy atom. The van der Waals surface area contributed by atoms with Crippen molar-refractivity contribution in [3.63, 3.8) is 0 Å². The molecular formula is C9H12N2O5. The quantitative estimate of drug-likeness (QED) is 0.598. The molecule has 1 heterocycles. The molecule has 0 amide bonds. The molecule has 0 radical (unpaired) electrons. The van der Waals surface area contributed by atoms with E-state index in [1.807, 2.05) is 0 Å². The fourth-order valence-electron chi connectivity index (χ4n) is 1.12. The fourth-order valence-corrected chi connectivity index (χ4v) is 1.12.